The number of aromatic nitrogens is 2. The number of nitrogens with zero attached hydrogens (tertiary/aromatic N) is 2. The number of pyridine rings is 2. The summed E-state index contributed by atoms with van der Waals surface area (Å²) in [4.78, 5) is 8.08. The maximum absolute atomic E-state index is 12.9. The lowest BCUT2D eigenvalue weighted by molar-refractivity contribution is 0.505. The van der Waals surface area contributed by atoms with E-state index in [2.05, 4.69) is 21.4 Å². The fourth-order valence-electron chi connectivity index (χ4n) is 3.56. The number of rotatable bonds is 2. The van der Waals surface area contributed by atoms with Crippen LogP contribution in [0.5, 0.6) is 0 Å². The van der Waals surface area contributed by atoms with Crippen LogP contribution >= 0.6 is 0 Å². The molecule has 0 amide bonds. The number of hydrogen-bond donors (Lipinski definition) is 1. The molecular weight excluding hydrogens is 253 g/mol. The highest BCUT2D eigenvalue weighted by Crippen LogP contribution is 2.40. The SMILES string of the molecule is Fc1ccc(-c2cncc(C3C[C@H]4CC[C@H]3N4)c2)cn1. The first-order chi connectivity index (χ1) is 9.79. The zero-order valence-electron chi connectivity index (χ0n) is 11.1. The minimum Gasteiger partial charge on any atom is -0.311 e. The molecule has 2 aliphatic rings. The summed E-state index contributed by atoms with van der Waals surface area (Å²) in [5.74, 6) is 0.116. The van der Waals surface area contributed by atoms with Gasteiger partial charge in [0.05, 0.1) is 0 Å². The van der Waals surface area contributed by atoms with E-state index >= 15 is 0 Å². The predicted molar refractivity (Wildman–Crippen MR) is 74.7 cm³/mol. The van der Waals surface area contributed by atoms with E-state index < -0.39 is 5.95 Å². The van der Waals surface area contributed by atoms with Crippen molar-refractivity contribution in [1.82, 2.24) is 15.3 Å². The Balaban J connectivity index is 1.66. The summed E-state index contributed by atoms with van der Waals surface area (Å²) in [5.41, 5.74) is 3.21. The number of halogens is 1. The van der Waals surface area contributed by atoms with Crippen molar-refractivity contribution in [3.05, 3.63) is 48.3 Å². The minimum absolute atomic E-state index is 0.449. The molecule has 0 aromatic carbocycles. The molecule has 20 heavy (non-hydrogen) atoms. The van der Waals surface area contributed by atoms with Crippen LogP contribution in [0.3, 0.4) is 0 Å². The third kappa shape index (κ3) is 2.00. The van der Waals surface area contributed by atoms with E-state index in [4.69, 9.17) is 0 Å². The quantitative estimate of drug-likeness (QED) is 0.852. The average Bonchev–Trinajstić information content (AvgIpc) is 3.11. The van der Waals surface area contributed by atoms with Crippen LogP contribution in [-0.4, -0.2) is 22.1 Å². The molecule has 2 fully saturated rings. The largest absolute Gasteiger partial charge is 0.311 e. The third-order valence-corrected chi connectivity index (χ3v) is 4.55. The maximum Gasteiger partial charge on any atom is 0.212 e. The summed E-state index contributed by atoms with van der Waals surface area (Å²) >= 11 is 0. The summed E-state index contributed by atoms with van der Waals surface area (Å²) in [6.45, 7) is 0. The average molecular weight is 269 g/mol. The van der Waals surface area contributed by atoms with E-state index in [9.17, 15) is 4.39 Å². The number of fused-ring (bicyclic) bond motifs is 2. The zero-order valence-corrected chi connectivity index (χ0v) is 11.1. The van der Waals surface area contributed by atoms with Gasteiger partial charge in [0.25, 0.3) is 0 Å². The van der Waals surface area contributed by atoms with Gasteiger partial charge in [-0.3, -0.25) is 4.98 Å². The van der Waals surface area contributed by atoms with Crippen LogP contribution in [0.2, 0.25) is 0 Å². The third-order valence-electron chi connectivity index (χ3n) is 4.55. The minimum atomic E-state index is -0.449. The smallest absolute Gasteiger partial charge is 0.212 e. The molecule has 4 rings (SSSR count). The molecule has 1 unspecified atom stereocenters. The van der Waals surface area contributed by atoms with Gasteiger partial charge in [-0.25, -0.2) is 4.98 Å². The normalized spacial score (nSPS) is 27.9. The van der Waals surface area contributed by atoms with Crippen molar-refractivity contribution >= 4 is 0 Å². The highest BCUT2D eigenvalue weighted by Gasteiger charge is 2.39. The summed E-state index contributed by atoms with van der Waals surface area (Å²) in [6, 6.07) is 6.60. The Hall–Kier alpha value is -1.81. The van der Waals surface area contributed by atoms with Gasteiger partial charge in [0.2, 0.25) is 5.95 Å². The molecule has 4 heterocycles. The molecule has 0 radical (unpaired) electrons. The van der Waals surface area contributed by atoms with Crippen LogP contribution in [0.15, 0.2) is 36.8 Å². The fraction of sp³-hybridized carbons (Fsp3) is 0.375. The molecule has 3 nitrogen and oxygen atoms in total. The Labute approximate surface area is 117 Å². The molecule has 0 aliphatic carbocycles. The van der Waals surface area contributed by atoms with Crippen molar-refractivity contribution in [3.8, 4) is 11.1 Å². The van der Waals surface area contributed by atoms with Gasteiger partial charge in [-0.2, -0.15) is 4.39 Å². The van der Waals surface area contributed by atoms with E-state index in [1.165, 1.54) is 30.9 Å². The van der Waals surface area contributed by atoms with Crippen LogP contribution in [0.1, 0.15) is 30.7 Å². The molecule has 0 saturated carbocycles. The highest BCUT2D eigenvalue weighted by atomic mass is 19.1. The lowest BCUT2D eigenvalue weighted by Gasteiger charge is -2.20. The Morgan fingerprint density at radius 2 is 2.05 bits per heavy atom. The van der Waals surface area contributed by atoms with E-state index in [0.29, 0.717) is 18.0 Å². The van der Waals surface area contributed by atoms with Gasteiger partial charge in [0, 0.05) is 47.7 Å². The summed E-state index contributed by atoms with van der Waals surface area (Å²) in [5, 5.41) is 3.65. The van der Waals surface area contributed by atoms with Crippen LogP contribution in [0, 0.1) is 5.95 Å². The van der Waals surface area contributed by atoms with E-state index in [1.807, 2.05) is 12.4 Å². The van der Waals surface area contributed by atoms with Crippen molar-refractivity contribution in [3.63, 3.8) is 0 Å². The van der Waals surface area contributed by atoms with Crippen LogP contribution < -0.4 is 5.32 Å². The predicted octanol–water partition coefficient (Wildman–Crippen LogP) is 2.89. The first kappa shape index (κ1) is 12.0. The Kier molecular flexibility index (Phi) is 2.77. The monoisotopic (exact) mass is 269 g/mol. The first-order valence-electron chi connectivity index (χ1n) is 7.12. The zero-order chi connectivity index (χ0) is 13.5. The lowest BCUT2D eigenvalue weighted by atomic mass is 9.84. The van der Waals surface area contributed by atoms with Gasteiger partial charge in [-0.05, 0) is 43.0 Å². The fourth-order valence-corrected chi connectivity index (χ4v) is 3.56. The Morgan fingerprint density at radius 3 is 2.75 bits per heavy atom. The van der Waals surface area contributed by atoms with Gasteiger partial charge in [0.15, 0.2) is 0 Å². The van der Waals surface area contributed by atoms with Gasteiger partial charge in [-0.1, -0.05) is 0 Å². The molecule has 2 saturated heterocycles. The van der Waals surface area contributed by atoms with Crippen molar-refractivity contribution in [2.24, 2.45) is 0 Å². The second-order valence-electron chi connectivity index (χ2n) is 5.77. The first-order valence-corrected chi connectivity index (χ1v) is 7.12. The van der Waals surface area contributed by atoms with E-state index in [-0.39, 0.29) is 0 Å². The van der Waals surface area contributed by atoms with Crippen LogP contribution in [-0.2, 0) is 0 Å². The molecule has 2 aliphatic heterocycles. The maximum atomic E-state index is 12.9. The van der Waals surface area contributed by atoms with Gasteiger partial charge in [-0.15, -0.1) is 0 Å². The van der Waals surface area contributed by atoms with E-state index in [1.54, 1.807) is 12.3 Å². The molecule has 2 bridgehead atoms. The van der Waals surface area contributed by atoms with Gasteiger partial charge < -0.3 is 5.32 Å². The van der Waals surface area contributed by atoms with Gasteiger partial charge >= 0.3 is 0 Å². The summed E-state index contributed by atoms with van der Waals surface area (Å²) < 4.78 is 12.9. The van der Waals surface area contributed by atoms with Crippen molar-refractivity contribution in [2.45, 2.75) is 37.3 Å². The molecule has 0 spiro atoms. The van der Waals surface area contributed by atoms with Crippen molar-refractivity contribution < 1.29 is 4.39 Å². The Bertz CT molecular complexity index is 626. The van der Waals surface area contributed by atoms with E-state index in [0.717, 1.165) is 11.1 Å². The molecule has 4 heteroatoms. The Morgan fingerprint density at radius 1 is 1.10 bits per heavy atom. The molecule has 1 N–H and O–H groups in total. The summed E-state index contributed by atoms with van der Waals surface area (Å²) in [6.07, 6.45) is 9.12. The van der Waals surface area contributed by atoms with Crippen molar-refractivity contribution in [1.29, 1.82) is 0 Å². The second kappa shape index (κ2) is 4.63. The van der Waals surface area contributed by atoms with Crippen LogP contribution in [0.4, 0.5) is 4.39 Å². The highest BCUT2D eigenvalue weighted by molar-refractivity contribution is 5.62. The standard InChI is InChI=1S/C16H16FN3/c17-16-4-1-10(9-19-16)11-5-12(8-18-7-11)14-6-13-2-3-15(14)20-13/h1,4-5,7-9,13-15,20H,2-3,6H2/t13-,14?,15-/m1/s1. The molecular formula is C16H16FN3. The molecule has 102 valence electrons. The molecule has 2 aromatic rings. The lowest BCUT2D eigenvalue weighted by Crippen LogP contribution is -2.21. The van der Waals surface area contributed by atoms with Crippen LogP contribution in [0.25, 0.3) is 11.1 Å². The van der Waals surface area contributed by atoms with Gasteiger partial charge in [0.1, 0.15) is 0 Å². The number of nitrogens with one attached hydrogen (secondary N) is 1. The topological polar surface area (TPSA) is 37.8 Å². The van der Waals surface area contributed by atoms with Crippen molar-refractivity contribution in [2.75, 3.05) is 0 Å². The number of hydrogen-bond acceptors (Lipinski definition) is 3. The second-order valence-corrected chi connectivity index (χ2v) is 5.77. The molecule has 2 aromatic heterocycles. The molecule has 3 atom stereocenters. The summed E-state index contributed by atoms with van der Waals surface area (Å²) in [7, 11) is 0.